The fraction of sp³-hybridized carbons (Fsp3) is 0.455. The molecule has 366 valence electrons. The average Bonchev–Trinajstić information content (AvgIpc) is 3.16. The Kier molecular flexibility index (Phi) is 15.9. The molecular weight excluding hydrogens is 922 g/mol. The zero-order chi connectivity index (χ0) is 51.8. The number of benzene rings is 6. The van der Waals surface area contributed by atoms with Crippen LogP contribution in [0.3, 0.4) is 0 Å². The van der Waals surface area contributed by atoms with Crippen LogP contribution in [0.5, 0.6) is 0 Å². The van der Waals surface area contributed by atoms with Crippen LogP contribution < -0.4 is 19.2 Å². The normalized spacial score (nSPS) is 12.5. The van der Waals surface area contributed by atoms with Gasteiger partial charge >= 0.3 is 434 Å². The van der Waals surface area contributed by atoms with E-state index in [9.17, 15) is 0 Å². The fourth-order valence-electron chi connectivity index (χ4n) is 13.2. The molecule has 6 rings (SSSR count). The van der Waals surface area contributed by atoms with Crippen molar-refractivity contribution in [3.8, 4) is 44.5 Å². The first-order chi connectivity index (χ1) is 31.8. The van der Waals surface area contributed by atoms with Crippen molar-refractivity contribution in [2.45, 2.75) is 201 Å². The predicted octanol–water partition coefficient (Wildman–Crippen LogP) is 17.3. The number of rotatable bonds is 12. The first-order valence-corrected chi connectivity index (χ1v) is 35.5. The van der Waals surface area contributed by atoms with E-state index in [-0.39, 0.29) is 0 Å². The van der Waals surface area contributed by atoms with E-state index in [1.54, 1.807) is 63.7 Å². The molecule has 0 unspecified atom stereocenters. The minimum atomic E-state index is -2.01. The molecule has 6 aromatic carbocycles. The molecule has 0 heterocycles. The Bertz CT molecular complexity index is 2510. The summed E-state index contributed by atoms with van der Waals surface area (Å²) >= 11 is -1.17. The van der Waals surface area contributed by atoms with Crippen LogP contribution in [0, 0.1) is 83.1 Å². The summed E-state index contributed by atoms with van der Waals surface area (Å²) in [7, 11) is -4.02. The van der Waals surface area contributed by atoms with Crippen LogP contribution in [0.25, 0.3) is 44.5 Å². The number of hydrogen-bond donors (Lipinski definition) is 0. The van der Waals surface area contributed by atoms with Crippen LogP contribution in [0.15, 0.2) is 48.5 Å². The Labute approximate surface area is 431 Å². The molecule has 0 aliphatic heterocycles. The van der Waals surface area contributed by atoms with Crippen molar-refractivity contribution in [1.82, 2.24) is 0 Å². The summed E-state index contributed by atoms with van der Waals surface area (Å²) in [6, 6.07) is 19.8. The third kappa shape index (κ3) is 10.2. The van der Waals surface area contributed by atoms with Gasteiger partial charge in [0.15, 0.2) is 0 Å². The molecule has 69 heavy (non-hydrogen) atoms. The van der Waals surface area contributed by atoms with Gasteiger partial charge in [-0.05, 0) is 0 Å². The summed E-state index contributed by atoms with van der Waals surface area (Å²) in [5.41, 5.74) is 35.2. The Hall–Kier alpha value is -3.70. The van der Waals surface area contributed by atoms with Crippen LogP contribution in [0.4, 0.5) is 0 Å². The van der Waals surface area contributed by atoms with Crippen LogP contribution >= 0.6 is 0 Å². The van der Waals surface area contributed by atoms with Gasteiger partial charge in [0, 0.05) is 0 Å². The summed E-state index contributed by atoms with van der Waals surface area (Å²) in [5.74, 6) is 1.36. The van der Waals surface area contributed by atoms with Crippen LogP contribution in [0.2, 0.25) is 39.3 Å². The van der Waals surface area contributed by atoms with Gasteiger partial charge in [0.1, 0.15) is 0 Å². The van der Waals surface area contributed by atoms with Gasteiger partial charge in [-0.15, -0.1) is 0 Å². The second-order valence-corrected chi connectivity index (χ2v) is 37.6. The van der Waals surface area contributed by atoms with E-state index in [1.807, 2.05) is 0 Å². The van der Waals surface area contributed by atoms with Crippen LogP contribution in [0.1, 0.15) is 168 Å². The summed E-state index contributed by atoms with van der Waals surface area (Å²) < 4.78 is 3.29. The van der Waals surface area contributed by atoms with Crippen molar-refractivity contribution >= 4 is 50.7 Å². The summed E-state index contributed by atoms with van der Waals surface area (Å²) in [4.78, 5) is 0. The Morgan fingerprint density at radius 2 is 0.435 bits per heavy atom. The molecule has 0 aliphatic carbocycles. The minimum absolute atomic E-state index is 0.341. The van der Waals surface area contributed by atoms with Gasteiger partial charge in [0.2, 0.25) is 0 Å². The van der Waals surface area contributed by atoms with Gasteiger partial charge in [0.25, 0.3) is 0 Å². The SMILES string of the molecule is Cc1cc(C)c(-c2[c]([Ge][c]3c(-c4c(C)cc(C)cc4C)c(C(C)C)c([Si](C)(C)C)c(C(C)C)c3-c3c(C)cc(C)cc3C)c(-c3c(C)cc(C)cc3C)c(C(C)C)c([Si](C)(C)C)c2C(C)C)c(C)c1. The molecule has 0 atom stereocenters. The molecular formula is C66H90GeSi2. The molecule has 2 radical (unpaired) electrons. The zero-order valence-corrected chi connectivity index (χ0v) is 52.5. The Morgan fingerprint density at radius 1 is 0.275 bits per heavy atom. The van der Waals surface area contributed by atoms with Gasteiger partial charge in [-0.1, -0.05) is 0 Å². The molecule has 3 heteroatoms. The molecule has 0 N–H and O–H groups in total. The van der Waals surface area contributed by atoms with Crippen molar-refractivity contribution in [1.29, 1.82) is 0 Å². The second-order valence-electron chi connectivity index (χ2n) is 25.0. The van der Waals surface area contributed by atoms with Crippen molar-refractivity contribution in [3.05, 3.63) is 138 Å². The summed E-state index contributed by atoms with van der Waals surface area (Å²) in [6.45, 7) is 64.4. The van der Waals surface area contributed by atoms with E-state index in [1.165, 1.54) is 89.0 Å². The van der Waals surface area contributed by atoms with Gasteiger partial charge in [-0.25, -0.2) is 0 Å². The monoisotopic (exact) mass is 1010 g/mol. The van der Waals surface area contributed by atoms with E-state index in [0.717, 1.165) is 0 Å². The van der Waals surface area contributed by atoms with Crippen LogP contribution in [-0.4, -0.2) is 31.6 Å². The molecule has 0 aromatic heterocycles. The molecule has 6 aromatic rings. The predicted molar refractivity (Wildman–Crippen MR) is 319 cm³/mol. The molecule has 0 nitrogen and oxygen atoms in total. The molecule has 0 spiro atoms. The summed E-state index contributed by atoms with van der Waals surface area (Å²) in [5, 5.41) is 3.39. The van der Waals surface area contributed by atoms with Crippen molar-refractivity contribution in [2.24, 2.45) is 0 Å². The van der Waals surface area contributed by atoms with Gasteiger partial charge in [-0.3, -0.25) is 0 Å². The number of hydrogen-bond acceptors (Lipinski definition) is 0. The fourth-order valence-corrected chi connectivity index (χ4v) is 21.9. The van der Waals surface area contributed by atoms with Crippen molar-refractivity contribution in [2.75, 3.05) is 0 Å². The average molecular weight is 1010 g/mol. The molecule has 0 aliphatic rings. The first-order valence-electron chi connectivity index (χ1n) is 26.4. The quantitative estimate of drug-likeness (QED) is 0.107. The maximum atomic E-state index is 2.63. The van der Waals surface area contributed by atoms with Crippen molar-refractivity contribution < 1.29 is 0 Å². The number of aryl methyl sites for hydroxylation is 12. The van der Waals surface area contributed by atoms with Gasteiger partial charge in [0.05, 0.1) is 0 Å². The third-order valence-corrected chi connectivity index (χ3v) is 22.1. The third-order valence-electron chi connectivity index (χ3n) is 14.9. The van der Waals surface area contributed by atoms with E-state index in [2.05, 4.69) is 226 Å². The molecule has 0 saturated carbocycles. The topological polar surface area (TPSA) is 0 Å². The van der Waals surface area contributed by atoms with Crippen LogP contribution in [-0.2, 0) is 0 Å². The van der Waals surface area contributed by atoms with E-state index < -0.39 is 31.6 Å². The maximum absolute atomic E-state index is 2.63. The molecule has 0 bridgehead atoms. The van der Waals surface area contributed by atoms with E-state index in [4.69, 9.17) is 0 Å². The van der Waals surface area contributed by atoms with Gasteiger partial charge < -0.3 is 0 Å². The molecule has 0 amide bonds. The zero-order valence-electron chi connectivity index (χ0n) is 48.4. The Balaban J connectivity index is 2.17. The first kappa shape index (κ1) is 54.6. The van der Waals surface area contributed by atoms with E-state index >= 15 is 0 Å². The van der Waals surface area contributed by atoms with Crippen molar-refractivity contribution in [3.63, 3.8) is 0 Å². The second kappa shape index (κ2) is 20.1. The Morgan fingerprint density at radius 3 is 0.565 bits per heavy atom. The molecule has 0 saturated heterocycles. The summed E-state index contributed by atoms with van der Waals surface area (Å²) in [6.07, 6.45) is 0. The standard InChI is InChI=1S/C66H90GeSi2/c1-35(2)51-59(55-43(13)27-39(9)28-44(55)14)63(60(52(36(3)4)65(51)68(21,22)23)56-45(15)29-40(10)30-46(56)16)67-64-61(57-47(17)31-41(11)32-48(57)18)53(37(5)6)66(69(24,25)26)54(38(7)8)62(64)58-49(19)33-42(12)34-50(58)20/h27-38H,1-26H3. The van der Waals surface area contributed by atoms with E-state index in [0.29, 0.717) is 23.7 Å². The molecule has 0 fully saturated rings. The van der Waals surface area contributed by atoms with Gasteiger partial charge in [-0.2, -0.15) is 0 Å².